The summed E-state index contributed by atoms with van der Waals surface area (Å²) in [6, 6.07) is 6.09. The zero-order valence-electron chi connectivity index (χ0n) is 24.1. The Hall–Kier alpha value is -2.99. The number of aromatic nitrogens is 4. The van der Waals surface area contributed by atoms with E-state index in [0.29, 0.717) is 48.0 Å². The molecule has 0 bridgehead atoms. The second kappa shape index (κ2) is 13.3. The number of aryl methyl sites for hydroxylation is 1. The number of nitrogens with zero attached hydrogens (tertiary/aromatic N) is 5. The van der Waals surface area contributed by atoms with Crippen LogP contribution < -0.4 is 15.0 Å². The predicted octanol–water partition coefficient (Wildman–Crippen LogP) is 2.89. The van der Waals surface area contributed by atoms with Crippen molar-refractivity contribution in [3.63, 3.8) is 0 Å². The number of H-pyrrole nitrogens is 1. The zero-order chi connectivity index (χ0) is 28.0. The van der Waals surface area contributed by atoms with E-state index in [-0.39, 0.29) is 11.6 Å². The fourth-order valence-corrected chi connectivity index (χ4v) is 6.01. The zero-order valence-corrected chi connectivity index (χ0v) is 24.1. The molecular formula is C30H42N6O5. The smallest absolute Gasteiger partial charge is 0.262 e. The largest absolute Gasteiger partial charge is 0.492 e. The second-order valence-corrected chi connectivity index (χ2v) is 11.1. The van der Waals surface area contributed by atoms with Crippen LogP contribution in [0.3, 0.4) is 0 Å². The summed E-state index contributed by atoms with van der Waals surface area (Å²) in [7, 11) is 0. The van der Waals surface area contributed by atoms with E-state index in [2.05, 4.69) is 14.8 Å². The van der Waals surface area contributed by atoms with Crippen LogP contribution in [0.2, 0.25) is 0 Å². The molecule has 0 atom stereocenters. The van der Waals surface area contributed by atoms with Crippen molar-refractivity contribution in [1.82, 2.24) is 29.5 Å². The summed E-state index contributed by atoms with van der Waals surface area (Å²) in [5.41, 5.74) is 2.08. The van der Waals surface area contributed by atoms with E-state index in [4.69, 9.17) is 29.0 Å². The van der Waals surface area contributed by atoms with Gasteiger partial charge in [-0.1, -0.05) is 19.8 Å². The lowest BCUT2D eigenvalue weighted by atomic mass is 10.1. The molecule has 0 unspecified atom stereocenters. The minimum atomic E-state index is -0.153. The molecule has 1 saturated carbocycles. The number of nitrogens with one attached hydrogen (secondary N) is 1. The second-order valence-electron chi connectivity index (χ2n) is 11.1. The lowest BCUT2D eigenvalue weighted by Gasteiger charge is -2.26. The lowest BCUT2D eigenvalue weighted by molar-refractivity contribution is 0.0319. The SMILES string of the molecule is CCc1nn(C2CCCC2)c2nc(-c3cc(OCCN4CCOCC4)cc(OCCN4CCOCC4)c3)[nH]c(=O)c12. The van der Waals surface area contributed by atoms with Crippen molar-refractivity contribution in [3.8, 4) is 22.9 Å². The third-order valence-electron chi connectivity index (χ3n) is 8.35. The molecule has 1 aliphatic carbocycles. The number of ether oxygens (including phenoxy) is 4. The topological polar surface area (TPSA) is 107 Å². The van der Waals surface area contributed by atoms with Crippen LogP contribution in [-0.2, 0) is 15.9 Å². The molecule has 2 aliphatic heterocycles. The molecule has 222 valence electrons. The van der Waals surface area contributed by atoms with Gasteiger partial charge >= 0.3 is 0 Å². The van der Waals surface area contributed by atoms with Crippen molar-refractivity contribution in [3.05, 3.63) is 34.2 Å². The summed E-state index contributed by atoms with van der Waals surface area (Å²) in [4.78, 5) is 26.1. The third kappa shape index (κ3) is 6.74. The van der Waals surface area contributed by atoms with Crippen LogP contribution in [0, 0.1) is 0 Å². The van der Waals surface area contributed by atoms with Gasteiger partial charge in [-0.25, -0.2) is 9.67 Å². The van der Waals surface area contributed by atoms with Crippen molar-refractivity contribution in [2.45, 2.75) is 45.1 Å². The molecule has 3 aromatic rings. The number of fused-ring (bicyclic) bond motifs is 1. The minimum absolute atomic E-state index is 0.153. The summed E-state index contributed by atoms with van der Waals surface area (Å²) < 4.78 is 25.4. The van der Waals surface area contributed by atoms with Gasteiger partial charge < -0.3 is 23.9 Å². The Morgan fingerprint density at radius 3 is 2.05 bits per heavy atom. The first-order valence-electron chi connectivity index (χ1n) is 15.2. The molecule has 2 saturated heterocycles. The van der Waals surface area contributed by atoms with Crippen LogP contribution in [0.15, 0.2) is 23.0 Å². The normalized spacial score (nSPS) is 19.2. The Morgan fingerprint density at radius 1 is 0.902 bits per heavy atom. The highest BCUT2D eigenvalue weighted by Crippen LogP contribution is 2.33. The highest BCUT2D eigenvalue weighted by molar-refractivity contribution is 5.79. The van der Waals surface area contributed by atoms with Gasteiger partial charge in [0.1, 0.15) is 35.9 Å². The third-order valence-corrected chi connectivity index (χ3v) is 8.35. The van der Waals surface area contributed by atoms with Gasteiger partial charge in [-0.2, -0.15) is 5.10 Å². The summed E-state index contributed by atoms with van der Waals surface area (Å²) >= 11 is 0. The number of morpholine rings is 2. The minimum Gasteiger partial charge on any atom is -0.492 e. The summed E-state index contributed by atoms with van der Waals surface area (Å²) in [5.74, 6) is 1.89. The first-order valence-corrected chi connectivity index (χ1v) is 15.2. The average molecular weight is 567 g/mol. The molecule has 1 N–H and O–H groups in total. The fraction of sp³-hybridized carbons (Fsp3) is 0.633. The molecule has 0 radical (unpaired) electrons. The van der Waals surface area contributed by atoms with Crippen molar-refractivity contribution >= 4 is 11.0 Å². The highest BCUT2D eigenvalue weighted by atomic mass is 16.5. The van der Waals surface area contributed by atoms with Crippen LogP contribution in [0.1, 0.15) is 44.3 Å². The molecule has 3 fully saturated rings. The molecule has 11 nitrogen and oxygen atoms in total. The fourth-order valence-electron chi connectivity index (χ4n) is 6.01. The van der Waals surface area contributed by atoms with E-state index in [1.807, 2.05) is 29.8 Å². The Kier molecular flexibility index (Phi) is 9.15. The first kappa shape index (κ1) is 28.1. The standard InChI is InChI=1S/C30H42N6O5/c1-2-26-27-29(36(33-26)23-5-3-4-6-23)31-28(32-30(27)37)22-19-24(40-17-11-34-7-13-38-14-8-34)21-25(20-22)41-18-12-35-9-15-39-16-10-35/h19-21,23H,2-18H2,1H3,(H,31,32,37). The summed E-state index contributed by atoms with van der Waals surface area (Å²) in [6.45, 7) is 11.5. The Labute approximate surface area is 240 Å². The molecular weight excluding hydrogens is 524 g/mol. The van der Waals surface area contributed by atoms with E-state index in [1.54, 1.807) is 0 Å². The Morgan fingerprint density at radius 2 is 1.49 bits per heavy atom. The lowest BCUT2D eigenvalue weighted by Crippen LogP contribution is -2.38. The molecule has 1 aromatic carbocycles. The number of hydrogen-bond donors (Lipinski definition) is 1. The predicted molar refractivity (Wildman–Crippen MR) is 156 cm³/mol. The van der Waals surface area contributed by atoms with Crippen molar-refractivity contribution < 1.29 is 18.9 Å². The van der Waals surface area contributed by atoms with E-state index < -0.39 is 0 Å². The van der Waals surface area contributed by atoms with Crippen molar-refractivity contribution in [1.29, 1.82) is 0 Å². The number of rotatable bonds is 11. The summed E-state index contributed by atoms with van der Waals surface area (Å²) in [6.07, 6.45) is 5.18. The van der Waals surface area contributed by atoms with E-state index in [1.165, 1.54) is 12.8 Å². The van der Waals surface area contributed by atoms with Gasteiger partial charge in [0.2, 0.25) is 0 Å². The molecule has 11 heteroatoms. The highest BCUT2D eigenvalue weighted by Gasteiger charge is 2.24. The van der Waals surface area contributed by atoms with Gasteiger partial charge in [0.05, 0.1) is 38.2 Å². The van der Waals surface area contributed by atoms with E-state index >= 15 is 0 Å². The Bertz CT molecular complexity index is 1310. The van der Waals surface area contributed by atoms with Gasteiger partial charge in [-0.3, -0.25) is 14.6 Å². The van der Waals surface area contributed by atoms with Gasteiger partial charge in [0, 0.05) is 50.9 Å². The van der Waals surface area contributed by atoms with Crippen LogP contribution in [0.4, 0.5) is 0 Å². The van der Waals surface area contributed by atoms with Crippen LogP contribution in [0.5, 0.6) is 11.5 Å². The monoisotopic (exact) mass is 566 g/mol. The number of benzene rings is 1. The van der Waals surface area contributed by atoms with E-state index in [0.717, 1.165) is 89.8 Å². The molecule has 4 heterocycles. The molecule has 3 aliphatic rings. The van der Waals surface area contributed by atoms with Gasteiger partial charge in [-0.05, 0) is 31.4 Å². The molecule has 41 heavy (non-hydrogen) atoms. The molecule has 0 spiro atoms. The van der Waals surface area contributed by atoms with Crippen molar-refractivity contribution in [2.24, 2.45) is 0 Å². The maximum Gasteiger partial charge on any atom is 0.262 e. The molecule has 0 amide bonds. The maximum absolute atomic E-state index is 13.4. The maximum atomic E-state index is 13.4. The van der Waals surface area contributed by atoms with Gasteiger partial charge in [0.15, 0.2) is 5.65 Å². The number of hydrogen-bond acceptors (Lipinski definition) is 9. The quantitative estimate of drug-likeness (QED) is 0.375. The van der Waals surface area contributed by atoms with Crippen LogP contribution in [0.25, 0.3) is 22.4 Å². The average Bonchev–Trinajstić information content (AvgIpc) is 3.67. The van der Waals surface area contributed by atoms with Crippen molar-refractivity contribution in [2.75, 3.05) is 78.9 Å². The van der Waals surface area contributed by atoms with Gasteiger partial charge in [0.25, 0.3) is 5.56 Å². The Balaban J connectivity index is 1.28. The van der Waals surface area contributed by atoms with Crippen LogP contribution in [-0.4, -0.2) is 108 Å². The molecule has 6 rings (SSSR count). The summed E-state index contributed by atoms with van der Waals surface area (Å²) in [5, 5.41) is 5.45. The van der Waals surface area contributed by atoms with Gasteiger partial charge in [-0.15, -0.1) is 0 Å². The molecule has 2 aromatic heterocycles. The van der Waals surface area contributed by atoms with Crippen LogP contribution >= 0.6 is 0 Å². The van der Waals surface area contributed by atoms with E-state index in [9.17, 15) is 4.79 Å². The first-order chi connectivity index (χ1) is 20.2. The number of aromatic amines is 1.